The lowest BCUT2D eigenvalue weighted by Gasteiger charge is -2.29. The Labute approximate surface area is 189 Å². The van der Waals surface area contributed by atoms with E-state index >= 15 is 0 Å². The molecule has 8 heteroatoms. The largest absolute Gasteiger partial charge is 0.495 e. The summed E-state index contributed by atoms with van der Waals surface area (Å²) < 4.78 is 16.1. The number of hydrogen-bond acceptors (Lipinski definition) is 6. The van der Waals surface area contributed by atoms with Gasteiger partial charge in [0.1, 0.15) is 12.4 Å². The molecule has 32 heavy (non-hydrogen) atoms. The Kier molecular flexibility index (Phi) is 10.5. The third-order valence-electron chi connectivity index (χ3n) is 5.29. The Morgan fingerprint density at radius 1 is 1.22 bits per heavy atom. The van der Waals surface area contributed by atoms with E-state index in [1.54, 1.807) is 30.6 Å². The molecule has 0 spiro atoms. The zero-order valence-corrected chi connectivity index (χ0v) is 18.7. The number of anilines is 1. The lowest BCUT2D eigenvalue weighted by atomic mass is 9.83. The van der Waals surface area contributed by atoms with Gasteiger partial charge in [-0.05, 0) is 56.6 Å². The highest BCUT2D eigenvalue weighted by atomic mass is 16.6. The smallest absolute Gasteiger partial charge is 0.419 e. The van der Waals surface area contributed by atoms with E-state index in [1.165, 1.54) is 12.0 Å². The summed E-state index contributed by atoms with van der Waals surface area (Å²) in [7, 11) is 1.54. The lowest BCUT2D eigenvalue weighted by Crippen LogP contribution is -2.32. The van der Waals surface area contributed by atoms with Crippen molar-refractivity contribution in [3.8, 4) is 5.75 Å². The molecule has 1 N–H and O–H groups in total. The van der Waals surface area contributed by atoms with Crippen LogP contribution in [-0.2, 0) is 14.3 Å². The highest BCUT2D eigenvalue weighted by Crippen LogP contribution is 2.30. The molecule has 0 aromatic carbocycles. The molecule has 0 aliphatic heterocycles. The number of carboxylic acid groups (broad SMARTS) is 1. The molecule has 1 amide bonds. The molecule has 174 valence electrons. The molecule has 2 rings (SSSR count). The Balaban J connectivity index is 2.00. The fourth-order valence-electron chi connectivity index (χ4n) is 3.56. The van der Waals surface area contributed by atoms with Gasteiger partial charge in [-0.15, -0.1) is 0 Å². The van der Waals surface area contributed by atoms with Crippen LogP contribution in [0.25, 0.3) is 0 Å². The van der Waals surface area contributed by atoms with Gasteiger partial charge in [0, 0.05) is 6.07 Å². The normalized spacial score (nSPS) is 18.9. The predicted molar refractivity (Wildman–Crippen MR) is 122 cm³/mol. The number of methoxy groups -OCH3 is 1. The highest BCUT2D eigenvalue weighted by Gasteiger charge is 2.25. The van der Waals surface area contributed by atoms with Crippen LogP contribution in [0.5, 0.6) is 5.75 Å². The van der Waals surface area contributed by atoms with Crippen LogP contribution in [0.4, 0.5) is 10.5 Å². The number of nitrogens with zero attached hydrogens (tertiary/aromatic N) is 2. The maximum atomic E-state index is 13.1. The first-order valence-corrected chi connectivity index (χ1v) is 10.7. The van der Waals surface area contributed by atoms with Crippen LogP contribution >= 0.6 is 0 Å². The van der Waals surface area contributed by atoms with Crippen molar-refractivity contribution in [3.63, 3.8) is 0 Å². The Morgan fingerprint density at radius 2 is 1.91 bits per heavy atom. The molecule has 0 bridgehead atoms. The summed E-state index contributed by atoms with van der Waals surface area (Å²) in [6.45, 7) is 6.21. The van der Waals surface area contributed by atoms with E-state index in [0.29, 0.717) is 36.3 Å². The van der Waals surface area contributed by atoms with Crippen LogP contribution in [0, 0.1) is 11.8 Å². The molecule has 1 aliphatic carbocycles. The second-order valence-corrected chi connectivity index (χ2v) is 7.61. The van der Waals surface area contributed by atoms with Crippen LogP contribution in [-0.4, -0.2) is 49.1 Å². The number of carbonyl (C=O) groups is 2. The van der Waals surface area contributed by atoms with Gasteiger partial charge in [0.25, 0.3) is 0 Å². The number of carboxylic acids is 1. The van der Waals surface area contributed by atoms with Crippen molar-refractivity contribution in [1.29, 1.82) is 0 Å². The first kappa shape index (κ1) is 25.1. The molecule has 1 saturated carbocycles. The van der Waals surface area contributed by atoms with Crippen molar-refractivity contribution in [2.75, 3.05) is 31.8 Å². The van der Waals surface area contributed by atoms with Crippen LogP contribution in [0.2, 0.25) is 0 Å². The minimum Gasteiger partial charge on any atom is -0.495 e. The zero-order chi connectivity index (χ0) is 23.3. The summed E-state index contributed by atoms with van der Waals surface area (Å²) in [6.07, 6.45) is 13.3. The zero-order valence-electron chi connectivity index (χ0n) is 18.7. The van der Waals surface area contributed by atoms with E-state index in [0.717, 1.165) is 25.7 Å². The first-order valence-electron chi connectivity index (χ1n) is 10.7. The summed E-state index contributed by atoms with van der Waals surface area (Å²) in [5.41, 5.74) is 1.08. The third kappa shape index (κ3) is 7.85. The van der Waals surface area contributed by atoms with Crippen molar-refractivity contribution in [3.05, 3.63) is 55.0 Å². The van der Waals surface area contributed by atoms with E-state index in [9.17, 15) is 9.59 Å². The maximum absolute atomic E-state index is 13.1. The number of allylic oxidation sites excluding steroid dienone is 4. The van der Waals surface area contributed by atoms with Gasteiger partial charge < -0.3 is 19.3 Å². The molecule has 0 radical (unpaired) electrons. The summed E-state index contributed by atoms with van der Waals surface area (Å²) in [6, 6.07) is 1.71. The average Bonchev–Trinajstić information content (AvgIpc) is 2.80. The number of aliphatic carboxylic acids is 1. The van der Waals surface area contributed by atoms with Gasteiger partial charge in [-0.1, -0.05) is 18.7 Å². The second-order valence-electron chi connectivity index (χ2n) is 7.61. The number of pyridine rings is 1. The Hall–Kier alpha value is -3.13. The molecule has 0 saturated heterocycles. The van der Waals surface area contributed by atoms with Crippen LogP contribution < -0.4 is 9.64 Å². The number of amides is 1. The average molecular weight is 445 g/mol. The molecule has 1 aromatic rings. The van der Waals surface area contributed by atoms with Gasteiger partial charge in [0.15, 0.2) is 0 Å². The van der Waals surface area contributed by atoms with Crippen molar-refractivity contribution in [1.82, 2.24) is 4.98 Å². The SMILES string of the molecule is C=C/C(=C\C=C/C)N(C(=O)OC[C@H]1CC[C@H](COCC(=O)O)CC1)c1cncc(OC)c1. The summed E-state index contributed by atoms with van der Waals surface area (Å²) in [5, 5.41) is 8.67. The predicted octanol–water partition coefficient (Wildman–Crippen LogP) is 4.59. The van der Waals surface area contributed by atoms with E-state index in [1.807, 2.05) is 19.1 Å². The Bertz CT molecular complexity index is 828. The van der Waals surface area contributed by atoms with Crippen molar-refractivity contribution < 1.29 is 28.9 Å². The quantitative estimate of drug-likeness (QED) is 0.499. The van der Waals surface area contributed by atoms with Gasteiger partial charge in [-0.3, -0.25) is 4.98 Å². The molecule has 1 heterocycles. The number of rotatable bonds is 11. The molecule has 0 atom stereocenters. The van der Waals surface area contributed by atoms with Crippen LogP contribution in [0.1, 0.15) is 32.6 Å². The van der Waals surface area contributed by atoms with E-state index in [2.05, 4.69) is 11.6 Å². The van der Waals surface area contributed by atoms with Crippen LogP contribution in [0.15, 0.2) is 55.0 Å². The summed E-state index contributed by atoms with van der Waals surface area (Å²) >= 11 is 0. The monoisotopic (exact) mass is 444 g/mol. The number of ether oxygens (including phenoxy) is 3. The third-order valence-corrected chi connectivity index (χ3v) is 5.29. The second kappa shape index (κ2) is 13.3. The molecule has 1 aromatic heterocycles. The molecule has 8 nitrogen and oxygen atoms in total. The maximum Gasteiger partial charge on any atom is 0.419 e. The van der Waals surface area contributed by atoms with Gasteiger partial charge in [0.05, 0.1) is 44.1 Å². The van der Waals surface area contributed by atoms with Gasteiger partial charge in [-0.2, -0.15) is 0 Å². The molecular formula is C24H32N2O6. The number of carbonyl (C=O) groups excluding carboxylic acids is 1. The van der Waals surface area contributed by atoms with E-state index in [4.69, 9.17) is 19.3 Å². The minimum absolute atomic E-state index is 0.256. The standard InChI is InChI=1S/C24H32N2O6/c1-4-6-7-20(5-2)26(21-12-22(30-3)14-25-13-21)24(29)32-16-19-10-8-18(9-11-19)15-31-17-23(27)28/h4-7,12-14,18-19H,2,8-11,15-17H2,1,3H3,(H,27,28)/b6-4-,20-7+/t18-,19-. The molecule has 1 aliphatic rings. The highest BCUT2D eigenvalue weighted by molar-refractivity contribution is 5.92. The number of hydrogen-bond donors (Lipinski definition) is 1. The van der Waals surface area contributed by atoms with Gasteiger partial charge in [0.2, 0.25) is 0 Å². The van der Waals surface area contributed by atoms with Gasteiger partial charge in [-0.25, -0.2) is 14.5 Å². The van der Waals surface area contributed by atoms with Gasteiger partial charge >= 0.3 is 12.1 Å². The number of aromatic nitrogens is 1. The molecule has 1 fully saturated rings. The minimum atomic E-state index is -0.955. The lowest BCUT2D eigenvalue weighted by molar-refractivity contribution is -0.142. The summed E-state index contributed by atoms with van der Waals surface area (Å²) in [5.74, 6) is 0.172. The van der Waals surface area contributed by atoms with Crippen molar-refractivity contribution >= 4 is 17.7 Å². The van der Waals surface area contributed by atoms with Crippen molar-refractivity contribution in [2.24, 2.45) is 11.8 Å². The summed E-state index contributed by atoms with van der Waals surface area (Å²) in [4.78, 5) is 29.2. The van der Waals surface area contributed by atoms with Crippen LogP contribution in [0.3, 0.4) is 0 Å². The Morgan fingerprint density at radius 3 is 2.50 bits per heavy atom. The topological polar surface area (TPSA) is 98.2 Å². The van der Waals surface area contributed by atoms with E-state index < -0.39 is 12.1 Å². The molecular weight excluding hydrogens is 412 g/mol. The fourth-order valence-corrected chi connectivity index (χ4v) is 3.56. The fraction of sp³-hybridized carbons (Fsp3) is 0.458. The first-order chi connectivity index (χ1) is 15.5. The molecule has 0 unspecified atom stereocenters. The van der Waals surface area contributed by atoms with Crippen molar-refractivity contribution in [2.45, 2.75) is 32.6 Å². The van der Waals surface area contributed by atoms with E-state index in [-0.39, 0.29) is 12.5 Å².